The van der Waals surface area contributed by atoms with Gasteiger partial charge in [-0.1, -0.05) is 18.0 Å². The van der Waals surface area contributed by atoms with Crippen LogP contribution in [0.2, 0.25) is 5.02 Å². The highest BCUT2D eigenvalue weighted by molar-refractivity contribution is 6.32. The Hall–Kier alpha value is -0.730. The molecule has 94 valence electrons. The first-order valence-electron chi connectivity index (χ1n) is 6.36. The topological polar surface area (TPSA) is 21.3 Å². The number of hydrogen-bond acceptors (Lipinski definition) is 2. The fourth-order valence-corrected chi connectivity index (χ4v) is 2.26. The lowest BCUT2D eigenvalue weighted by Gasteiger charge is -2.27. The molecule has 17 heavy (non-hydrogen) atoms. The van der Waals surface area contributed by atoms with Crippen LogP contribution in [-0.4, -0.2) is 12.6 Å². The van der Waals surface area contributed by atoms with E-state index < -0.39 is 0 Å². The minimum atomic E-state index is 0.652. The van der Waals surface area contributed by atoms with E-state index >= 15 is 0 Å². The van der Waals surface area contributed by atoms with Gasteiger partial charge < -0.3 is 10.1 Å². The Morgan fingerprint density at radius 2 is 2.18 bits per heavy atom. The molecule has 0 unspecified atom stereocenters. The van der Waals surface area contributed by atoms with Gasteiger partial charge in [0.2, 0.25) is 0 Å². The summed E-state index contributed by atoms with van der Waals surface area (Å²) >= 11 is 6.19. The van der Waals surface area contributed by atoms with Gasteiger partial charge >= 0.3 is 0 Å². The average molecular weight is 254 g/mol. The van der Waals surface area contributed by atoms with E-state index in [0.29, 0.717) is 17.7 Å². The number of hydrogen-bond donors (Lipinski definition) is 1. The molecule has 0 heterocycles. The molecule has 1 aliphatic rings. The number of aryl methyl sites for hydroxylation is 1. The summed E-state index contributed by atoms with van der Waals surface area (Å²) in [6.07, 6.45) is 3.98. The molecule has 0 aromatic heterocycles. The molecule has 0 saturated heterocycles. The lowest BCUT2D eigenvalue weighted by atomic mass is 9.93. The summed E-state index contributed by atoms with van der Waals surface area (Å²) < 4.78 is 5.48. The van der Waals surface area contributed by atoms with Crippen molar-refractivity contribution in [3.05, 3.63) is 28.3 Å². The molecule has 1 aliphatic carbocycles. The molecule has 2 nitrogen and oxygen atoms in total. The third-order valence-electron chi connectivity index (χ3n) is 3.38. The average Bonchev–Trinajstić information content (AvgIpc) is 2.23. The second kappa shape index (κ2) is 5.74. The summed E-state index contributed by atoms with van der Waals surface area (Å²) in [4.78, 5) is 0. The molecule has 0 aliphatic heterocycles. The minimum Gasteiger partial charge on any atom is -0.492 e. The van der Waals surface area contributed by atoms with Gasteiger partial charge in [-0.15, -0.1) is 0 Å². The van der Waals surface area contributed by atoms with E-state index in [0.717, 1.165) is 12.3 Å². The standard InChI is InChI=1S/C14H20ClNO/c1-3-17-14-7-10(2)11(8-13(14)15)9-16-12-5-4-6-12/h7-8,12,16H,3-6,9H2,1-2H3. The maximum absolute atomic E-state index is 6.19. The molecule has 1 saturated carbocycles. The Bertz CT molecular complexity index is 388. The Morgan fingerprint density at radius 3 is 2.76 bits per heavy atom. The zero-order chi connectivity index (χ0) is 12.3. The fraction of sp³-hybridized carbons (Fsp3) is 0.571. The van der Waals surface area contributed by atoms with Gasteiger partial charge in [-0.05, 0) is 49.9 Å². The zero-order valence-electron chi connectivity index (χ0n) is 10.6. The lowest BCUT2D eigenvalue weighted by molar-refractivity contribution is 0.336. The predicted octanol–water partition coefficient (Wildman–Crippen LogP) is 3.69. The molecule has 1 N–H and O–H groups in total. The second-order valence-corrected chi connectivity index (χ2v) is 5.06. The van der Waals surface area contributed by atoms with Crippen molar-refractivity contribution in [2.45, 2.75) is 45.7 Å². The maximum Gasteiger partial charge on any atom is 0.138 e. The van der Waals surface area contributed by atoms with E-state index in [2.05, 4.69) is 12.2 Å². The number of nitrogens with one attached hydrogen (secondary N) is 1. The first-order valence-corrected chi connectivity index (χ1v) is 6.73. The minimum absolute atomic E-state index is 0.652. The van der Waals surface area contributed by atoms with Crippen LogP contribution in [0.1, 0.15) is 37.3 Å². The first-order chi connectivity index (χ1) is 8.20. The SMILES string of the molecule is CCOc1cc(C)c(CNC2CCC2)cc1Cl. The van der Waals surface area contributed by atoms with Crippen molar-refractivity contribution in [3.8, 4) is 5.75 Å². The van der Waals surface area contributed by atoms with Gasteiger partial charge in [-0.25, -0.2) is 0 Å². The smallest absolute Gasteiger partial charge is 0.138 e. The van der Waals surface area contributed by atoms with Crippen LogP contribution in [0.3, 0.4) is 0 Å². The van der Waals surface area contributed by atoms with Crippen LogP contribution in [0, 0.1) is 6.92 Å². The van der Waals surface area contributed by atoms with Crippen molar-refractivity contribution < 1.29 is 4.74 Å². The number of ether oxygens (including phenoxy) is 1. The zero-order valence-corrected chi connectivity index (χ0v) is 11.3. The van der Waals surface area contributed by atoms with Gasteiger partial charge in [0.25, 0.3) is 0 Å². The van der Waals surface area contributed by atoms with Crippen LogP contribution in [0.15, 0.2) is 12.1 Å². The molecule has 0 atom stereocenters. The molecule has 0 amide bonds. The summed E-state index contributed by atoms with van der Waals surface area (Å²) in [6, 6.07) is 4.76. The van der Waals surface area contributed by atoms with Crippen molar-refractivity contribution in [1.82, 2.24) is 5.32 Å². The molecule has 1 aromatic rings. The van der Waals surface area contributed by atoms with Gasteiger partial charge in [0.15, 0.2) is 0 Å². The normalized spacial score (nSPS) is 15.7. The van der Waals surface area contributed by atoms with E-state index in [1.54, 1.807) is 0 Å². The summed E-state index contributed by atoms with van der Waals surface area (Å²) in [6.45, 7) is 5.63. The number of rotatable bonds is 5. The van der Waals surface area contributed by atoms with Crippen LogP contribution >= 0.6 is 11.6 Å². The van der Waals surface area contributed by atoms with Gasteiger partial charge in [0, 0.05) is 12.6 Å². The highest BCUT2D eigenvalue weighted by Gasteiger charge is 2.16. The summed E-state index contributed by atoms with van der Waals surface area (Å²) in [5, 5.41) is 4.27. The quantitative estimate of drug-likeness (QED) is 0.864. The van der Waals surface area contributed by atoms with Crippen molar-refractivity contribution in [1.29, 1.82) is 0 Å². The molecule has 0 spiro atoms. The molecule has 2 rings (SSSR count). The third-order valence-corrected chi connectivity index (χ3v) is 3.67. The van der Waals surface area contributed by atoms with Crippen molar-refractivity contribution in [2.75, 3.05) is 6.61 Å². The van der Waals surface area contributed by atoms with Crippen molar-refractivity contribution in [2.24, 2.45) is 0 Å². The Morgan fingerprint density at radius 1 is 1.41 bits per heavy atom. The van der Waals surface area contributed by atoms with Gasteiger partial charge in [-0.3, -0.25) is 0 Å². The fourth-order valence-electron chi connectivity index (χ4n) is 2.02. The van der Waals surface area contributed by atoms with Crippen LogP contribution < -0.4 is 10.1 Å². The van der Waals surface area contributed by atoms with E-state index in [4.69, 9.17) is 16.3 Å². The summed E-state index contributed by atoms with van der Waals surface area (Å²) in [5.74, 6) is 0.791. The van der Waals surface area contributed by atoms with Gasteiger partial charge in [0.05, 0.1) is 11.6 Å². The highest BCUT2D eigenvalue weighted by Crippen LogP contribution is 2.28. The lowest BCUT2D eigenvalue weighted by Crippen LogP contribution is -2.34. The van der Waals surface area contributed by atoms with Crippen LogP contribution in [0.4, 0.5) is 0 Å². The molecule has 1 aromatic carbocycles. The Kier molecular flexibility index (Phi) is 4.30. The Labute approximate surface area is 108 Å². The summed E-state index contributed by atoms with van der Waals surface area (Å²) in [7, 11) is 0. The second-order valence-electron chi connectivity index (χ2n) is 4.65. The number of benzene rings is 1. The largest absolute Gasteiger partial charge is 0.492 e. The molecular weight excluding hydrogens is 234 g/mol. The van der Waals surface area contributed by atoms with Crippen LogP contribution in [0.25, 0.3) is 0 Å². The molecular formula is C14H20ClNO. The number of halogens is 1. The monoisotopic (exact) mass is 253 g/mol. The van der Waals surface area contributed by atoms with E-state index in [1.165, 1.54) is 30.4 Å². The van der Waals surface area contributed by atoms with E-state index in [9.17, 15) is 0 Å². The van der Waals surface area contributed by atoms with Gasteiger partial charge in [0.1, 0.15) is 5.75 Å². The van der Waals surface area contributed by atoms with E-state index in [1.807, 2.05) is 19.1 Å². The first kappa shape index (κ1) is 12.7. The summed E-state index contributed by atoms with van der Waals surface area (Å²) in [5.41, 5.74) is 2.51. The molecule has 3 heteroatoms. The molecule has 0 radical (unpaired) electrons. The van der Waals surface area contributed by atoms with Crippen molar-refractivity contribution >= 4 is 11.6 Å². The predicted molar refractivity (Wildman–Crippen MR) is 71.8 cm³/mol. The van der Waals surface area contributed by atoms with Crippen LogP contribution in [0.5, 0.6) is 5.75 Å². The molecule has 1 fully saturated rings. The van der Waals surface area contributed by atoms with Crippen molar-refractivity contribution in [3.63, 3.8) is 0 Å². The molecule has 0 bridgehead atoms. The Balaban J connectivity index is 2.03. The van der Waals surface area contributed by atoms with E-state index in [-0.39, 0.29) is 0 Å². The highest BCUT2D eigenvalue weighted by atomic mass is 35.5. The maximum atomic E-state index is 6.19. The third kappa shape index (κ3) is 3.14. The van der Waals surface area contributed by atoms with Crippen LogP contribution in [-0.2, 0) is 6.54 Å². The van der Waals surface area contributed by atoms with Gasteiger partial charge in [-0.2, -0.15) is 0 Å².